The smallest absolute Gasteiger partial charge is 0.240 e. The minimum atomic E-state index is -0.00671. The summed E-state index contributed by atoms with van der Waals surface area (Å²) in [7, 11) is 0. The molecule has 1 amide bonds. The number of rotatable bonds is 5. The molecule has 0 atom stereocenters. The quantitative estimate of drug-likeness (QED) is 0.606. The van der Waals surface area contributed by atoms with Gasteiger partial charge in [-0.15, -0.1) is 11.3 Å². The highest BCUT2D eigenvalue weighted by atomic mass is 32.1. The van der Waals surface area contributed by atoms with Crippen LogP contribution in [0.5, 0.6) is 0 Å². The summed E-state index contributed by atoms with van der Waals surface area (Å²) in [6.45, 7) is 3.96. The van der Waals surface area contributed by atoms with Crippen molar-refractivity contribution in [2.45, 2.75) is 33.1 Å². The Morgan fingerprint density at radius 2 is 2.40 bits per heavy atom. The highest BCUT2D eigenvalue weighted by Gasteiger charge is 2.00. The standard InChI is InChI=1S/C11H16N2OS/c1-3-4-7-11(14)13-12-9(2)10-6-5-8-15-10/h5-6,8H,3-4,7H2,1-2H3,(H,13,14). The summed E-state index contributed by atoms with van der Waals surface area (Å²) in [6.07, 6.45) is 2.50. The molecular weight excluding hydrogens is 208 g/mol. The van der Waals surface area contributed by atoms with Gasteiger partial charge in [-0.05, 0) is 24.8 Å². The number of thiophene rings is 1. The van der Waals surface area contributed by atoms with Gasteiger partial charge in [0.25, 0.3) is 0 Å². The number of nitrogens with one attached hydrogen (secondary N) is 1. The average molecular weight is 224 g/mol. The van der Waals surface area contributed by atoms with Crippen LogP contribution in [-0.2, 0) is 4.79 Å². The molecule has 0 radical (unpaired) electrons. The molecule has 1 N–H and O–H groups in total. The van der Waals surface area contributed by atoms with Crippen LogP contribution in [-0.4, -0.2) is 11.6 Å². The van der Waals surface area contributed by atoms with Gasteiger partial charge in [0.2, 0.25) is 5.91 Å². The Morgan fingerprint density at radius 1 is 1.60 bits per heavy atom. The van der Waals surface area contributed by atoms with Gasteiger partial charge in [-0.3, -0.25) is 4.79 Å². The van der Waals surface area contributed by atoms with Crippen LogP contribution in [0.1, 0.15) is 38.0 Å². The van der Waals surface area contributed by atoms with Crippen LogP contribution in [0.3, 0.4) is 0 Å². The number of hydrazone groups is 1. The topological polar surface area (TPSA) is 41.5 Å². The number of amides is 1. The molecule has 0 aromatic carbocycles. The van der Waals surface area contributed by atoms with Gasteiger partial charge in [0.1, 0.15) is 0 Å². The third-order valence-electron chi connectivity index (χ3n) is 1.98. The van der Waals surface area contributed by atoms with Crippen LogP contribution in [0, 0.1) is 0 Å². The fraction of sp³-hybridized carbons (Fsp3) is 0.455. The van der Waals surface area contributed by atoms with Crippen molar-refractivity contribution in [3.8, 4) is 0 Å². The number of carbonyl (C=O) groups is 1. The van der Waals surface area contributed by atoms with Crippen LogP contribution >= 0.6 is 11.3 Å². The van der Waals surface area contributed by atoms with E-state index in [2.05, 4.69) is 17.5 Å². The summed E-state index contributed by atoms with van der Waals surface area (Å²) < 4.78 is 0. The van der Waals surface area contributed by atoms with E-state index in [0.29, 0.717) is 6.42 Å². The van der Waals surface area contributed by atoms with Crippen LogP contribution in [0.25, 0.3) is 0 Å². The first kappa shape index (κ1) is 11.9. The van der Waals surface area contributed by atoms with Crippen molar-refractivity contribution in [3.05, 3.63) is 22.4 Å². The average Bonchev–Trinajstić information content (AvgIpc) is 2.76. The van der Waals surface area contributed by atoms with Crippen LogP contribution < -0.4 is 5.43 Å². The Hall–Kier alpha value is -1.16. The summed E-state index contributed by atoms with van der Waals surface area (Å²) in [5.41, 5.74) is 3.42. The minimum absolute atomic E-state index is 0.00671. The van der Waals surface area contributed by atoms with Crippen molar-refractivity contribution in [1.82, 2.24) is 5.43 Å². The van der Waals surface area contributed by atoms with Gasteiger partial charge in [0, 0.05) is 11.3 Å². The van der Waals surface area contributed by atoms with Gasteiger partial charge in [0.15, 0.2) is 0 Å². The maximum absolute atomic E-state index is 11.3. The second-order valence-corrected chi connectivity index (χ2v) is 4.26. The monoisotopic (exact) mass is 224 g/mol. The first-order valence-corrected chi connectivity index (χ1v) is 5.99. The van der Waals surface area contributed by atoms with E-state index in [1.165, 1.54) is 0 Å². The van der Waals surface area contributed by atoms with E-state index in [1.54, 1.807) is 11.3 Å². The highest BCUT2D eigenvalue weighted by molar-refractivity contribution is 7.12. The summed E-state index contributed by atoms with van der Waals surface area (Å²) in [5.74, 6) is -0.00671. The van der Waals surface area contributed by atoms with Gasteiger partial charge in [-0.2, -0.15) is 5.10 Å². The van der Waals surface area contributed by atoms with Gasteiger partial charge in [-0.25, -0.2) is 5.43 Å². The van der Waals surface area contributed by atoms with Gasteiger partial charge >= 0.3 is 0 Å². The summed E-state index contributed by atoms with van der Waals surface area (Å²) in [5, 5.41) is 6.04. The maximum atomic E-state index is 11.3. The Labute approximate surface area is 94.2 Å². The molecule has 1 heterocycles. The predicted octanol–water partition coefficient (Wildman–Crippen LogP) is 2.78. The zero-order valence-electron chi connectivity index (χ0n) is 9.12. The van der Waals surface area contributed by atoms with Crippen LogP contribution in [0.4, 0.5) is 0 Å². The molecule has 0 unspecified atom stereocenters. The van der Waals surface area contributed by atoms with Crippen molar-refractivity contribution < 1.29 is 4.79 Å². The highest BCUT2D eigenvalue weighted by Crippen LogP contribution is 2.09. The van der Waals surface area contributed by atoms with Crippen molar-refractivity contribution in [2.75, 3.05) is 0 Å². The SMILES string of the molecule is CCCCC(=O)NN=C(C)c1cccs1. The molecule has 0 aliphatic heterocycles. The summed E-state index contributed by atoms with van der Waals surface area (Å²) in [4.78, 5) is 12.3. The van der Waals surface area contributed by atoms with E-state index in [9.17, 15) is 4.79 Å². The largest absolute Gasteiger partial charge is 0.273 e. The fourth-order valence-corrected chi connectivity index (χ4v) is 1.76. The second kappa shape index (κ2) is 6.35. The first-order chi connectivity index (χ1) is 7.24. The zero-order chi connectivity index (χ0) is 11.1. The molecule has 1 aromatic rings. The Morgan fingerprint density at radius 3 is 3.00 bits per heavy atom. The van der Waals surface area contributed by atoms with E-state index in [4.69, 9.17) is 0 Å². The number of hydrogen-bond donors (Lipinski definition) is 1. The Bertz CT molecular complexity index is 330. The van der Waals surface area contributed by atoms with Gasteiger partial charge < -0.3 is 0 Å². The molecule has 0 bridgehead atoms. The summed E-state index contributed by atoms with van der Waals surface area (Å²) >= 11 is 1.62. The van der Waals surface area contributed by atoms with Crippen molar-refractivity contribution in [1.29, 1.82) is 0 Å². The van der Waals surface area contributed by atoms with Gasteiger partial charge in [-0.1, -0.05) is 19.4 Å². The van der Waals surface area contributed by atoms with Crippen molar-refractivity contribution >= 4 is 23.0 Å². The number of carbonyl (C=O) groups excluding carboxylic acids is 1. The minimum Gasteiger partial charge on any atom is -0.273 e. The Kier molecular flexibility index (Phi) is 5.04. The summed E-state index contributed by atoms with van der Waals surface area (Å²) in [6, 6.07) is 3.96. The molecule has 15 heavy (non-hydrogen) atoms. The normalized spacial score (nSPS) is 11.5. The van der Waals surface area contributed by atoms with Crippen molar-refractivity contribution in [3.63, 3.8) is 0 Å². The van der Waals surface area contributed by atoms with E-state index in [-0.39, 0.29) is 5.91 Å². The third-order valence-corrected chi connectivity index (χ3v) is 2.96. The van der Waals surface area contributed by atoms with Crippen LogP contribution in [0.15, 0.2) is 22.6 Å². The zero-order valence-corrected chi connectivity index (χ0v) is 9.93. The van der Waals surface area contributed by atoms with Crippen molar-refractivity contribution in [2.24, 2.45) is 5.10 Å². The number of hydrogen-bond acceptors (Lipinski definition) is 3. The van der Waals surface area contributed by atoms with Crippen LogP contribution in [0.2, 0.25) is 0 Å². The predicted molar refractivity (Wildman–Crippen MR) is 64.2 cm³/mol. The molecule has 0 aliphatic carbocycles. The lowest BCUT2D eigenvalue weighted by atomic mass is 10.2. The molecule has 0 saturated heterocycles. The molecular formula is C11H16N2OS. The molecule has 0 fully saturated rings. The molecule has 0 spiro atoms. The number of nitrogens with zero attached hydrogens (tertiary/aromatic N) is 1. The lowest BCUT2D eigenvalue weighted by Gasteiger charge is -1.99. The molecule has 3 nitrogen and oxygen atoms in total. The molecule has 1 rings (SSSR count). The van der Waals surface area contributed by atoms with E-state index in [1.807, 2.05) is 24.4 Å². The first-order valence-electron chi connectivity index (χ1n) is 5.11. The van der Waals surface area contributed by atoms with E-state index >= 15 is 0 Å². The second-order valence-electron chi connectivity index (χ2n) is 3.31. The molecule has 82 valence electrons. The van der Waals surface area contributed by atoms with E-state index in [0.717, 1.165) is 23.4 Å². The number of unbranched alkanes of at least 4 members (excludes halogenated alkanes) is 1. The lowest BCUT2D eigenvalue weighted by molar-refractivity contribution is -0.121. The molecule has 1 aromatic heterocycles. The molecule has 4 heteroatoms. The fourth-order valence-electron chi connectivity index (χ4n) is 1.08. The lowest BCUT2D eigenvalue weighted by Crippen LogP contribution is -2.18. The van der Waals surface area contributed by atoms with Gasteiger partial charge in [0.05, 0.1) is 5.71 Å². The Balaban J connectivity index is 2.40. The molecule has 0 saturated carbocycles. The maximum Gasteiger partial charge on any atom is 0.240 e. The third kappa shape index (κ3) is 4.25. The van der Waals surface area contributed by atoms with E-state index < -0.39 is 0 Å². The molecule has 0 aliphatic rings.